The lowest BCUT2D eigenvalue weighted by atomic mass is 9.76. The Morgan fingerprint density at radius 2 is 0.940 bits per heavy atom. The zero-order chi connectivity index (χ0) is 60.2. The topological polar surface area (TPSA) is 263 Å². The number of unbranched alkanes of at least 4 members (excludes halogenated alkanes) is 2. The fourth-order valence-electron chi connectivity index (χ4n) is 9.50. The molecule has 0 fully saturated rings. The summed E-state index contributed by atoms with van der Waals surface area (Å²) in [6.07, 6.45) is 16.3. The van der Waals surface area contributed by atoms with Gasteiger partial charge in [0.25, 0.3) is 20.2 Å². The van der Waals surface area contributed by atoms with Crippen molar-refractivity contribution >= 4 is 43.3 Å². The number of carboxylic acids is 1. The molecule has 0 aromatic heterocycles. The van der Waals surface area contributed by atoms with Gasteiger partial charge in [0.2, 0.25) is 5.69 Å². The normalized spacial score (nSPS) is 17.9. The molecule has 22 nitrogen and oxygen atoms in total. The van der Waals surface area contributed by atoms with Gasteiger partial charge in [0.05, 0.1) is 147 Å². The van der Waals surface area contributed by atoms with Gasteiger partial charge in [0.15, 0.2) is 5.71 Å². The highest BCUT2D eigenvalue weighted by Gasteiger charge is 2.48. The van der Waals surface area contributed by atoms with E-state index < -0.39 is 37.0 Å². The standard InChI is InChI=1S/C59H90N2O20S2/c1-6-60-53-20-18-49(82(64,65)66)47-51(53)58(2,22-25-72-31-33-76-39-41-80-45-43-78-37-35-74-29-27-70-4)55(60)15-11-8-7-9-12-16-56-59(3,23-26-73-32-34-77-40-42-81-46-44-79-38-36-75-30-28-71-5)52-48-50(83(67,68)69)19-21-54(52)61(56)24-14-10-13-17-57(62)63/h7-9,11-12,15-16,18-21,47-48H,6,10,13-14,17,22-46H2,1-5H3,(H2-,62,63,64,65,66,67,68,69)/p+1. The van der Waals surface area contributed by atoms with Crippen LogP contribution in [0.4, 0.5) is 11.4 Å². The van der Waals surface area contributed by atoms with Gasteiger partial charge in [-0.25, -0.2) is 0 Å². The first-order valence-electron chi connectivity index (χ1n) is 28.4. The molecule has 2 heterocycles. The van der Waals surface area contributed by atoms with Crippen LogP contribution in [0.2, 0.25) is 0 Å². The molecule has 0 aliphatic carbocycles. The fourth-order valence-corrected chi connectivity index (χ4v) is 10.5. The Balaban J connectivity index is 1.43. The number of fused-ring (bicyclic) bond motifs is 2. The minimum atomic E-state index is -4.54. The minimum Gasteiger partial charge on any atom is -0.481 e. The first kappa shape index (κ1) is 71.2. The van der Waals surface area contributed by atoms with Crippen molar-refractivity contribution in [1.82, 2.24) is 0 Å². The van der Waals surface area contributed by atoms with Crippen molar-refractivity contribution in [3.05, 3.63) is 95.8 Å². The van der Waals surface area contributed by atoms with Crippen LogP contribution in [0.25, 0.3) is 0 Å². The van der Waals surface area contributed by atoms with Gasteiger partial charge in [-0.1, -0.05) is 30.4 Å². The number of carboxylic acid groups (broad SMARTS) is 1. The van der Waals surface area contributed by atoms with Crippen molar-refractivity contribution in [3.63, 3.8) is 0 Å². The molecule has 0 radical (unpaired) electrons. The number of rotatable bonds is 49. The molecule has 4 rings (SSSR count). The third-order valence-corrected chi connectivity index (χ3v) is 15.6. The number of nitrogens with zero attached hydrogens (tertiary/aromatic N) is 2. The van der Waals surface area contributed by atoms with Crippen molar-refractivity contribution in [2.45, 2.75) is 79.9 Å². The second kappa shape index (κ2) is 39.4. The van der Waals surface area contributed by atoms with Gasteiger partial charge < -0.3 is 66.8 Å². The van der Waals surface area contributed by atoms with Gasteiger partial charge in [-0.15, -0.1) is 0 Å². The summed E-state index contributed by atoms with van der Waals surface area (Å²) in [5.74, 6) is -0.860. The predicted octanol–water partition coefficient (Wildman–Crippen LogP) is 6.77. The van der Waals surface area contributed by atoms with E-state index >= 15 is 0 Å². The lowest BCUT2D eigenvalue weighted by molar-refractivity contribution is -0.438. The largest absolute Gasteiger partial charge is 0.481 e. The minimum absolute atomic E-state index is 0.0544. The highest BCUT2D eigenvalue weighted by atomic mass is 32.2. The van der Waals surface area contributed by atoms with Gasteiger partial charge in [-0.3, -0.25) is 13.9 Å². The molecule has 24 heteroatoms. The van der Waals surface area contributed by atoms with E-state index in [4.69, 9.17) is 56.8 Å². The second-order valence-electron chi connectivity index (χ2n) is 19.7. The Bertz CT molecular complexity index is 2610. The molecule has 2 aromatic rings. The molecule has 468 valence electrons. The van der Waals surface area contributed by atoms with Gasteiger partial charge >= 0.3 is 5.97 Å². The number of anilines is 1. The van der Waals surface area contributed by atoms with E-state index in [9.17, 15) is 35.8 Å². The molecule has 2 aliphatic rings. The van der Waals surface area contributed by atoms with Gasteiger partial charge in [0, 0.05) is 81.3 Å². The van der Waals surface area contributed by atoms with Crippen molar-refractivity contribution in [3.8, 4) is 0 Å². The van der Waals surface area contributed by atoms with Crippen LogP contribution in [-0.2, 0) is 92.7 Å². The quantitative estimate of drug-likeness (QED) is 0.0267. The zero-order valence-corrected chi connectivity index (χ0v) is 50.8. The lowest BCUT2D eigenvalue weighted by Gasteiger charge is -2.30. The van der Waals surface area contributed by atoms with Gasteiger partial charge in [0.1, 0.15) is 6.54 Å². The highest BCUT2D eigenvalue weighted by molar-refractivity contribution is 7.86. The molecule has 2 aliphatic heterocycles. The number of ether oxygens (including phenoxy) is 12. The molecule has 3 N–H and O–H groups in total. The summed E-state index contributed by atoms with van der Waals surface area (Å²) < 4.78 is 138. The Morgan fingerprint density at radius 1 is 0.530 bits per heavy atom. The monoisotopic (exact) mass is 1210 g/mol. The maximum Gasteiger partial charge on any atom is 0.303 e. The summed E-state index contributed by atoms with van der Waals surface area (Å²) in [7, 11) is -5.78. The van der Waals surface area contributed by atoms with Crippen LogP contribution in [0.1, 0.15) is 70.4 Å². The number of methoxy groups -OCH3 is 2. The number of benzene rings is 2. The van der Waals surface area contributed by atoms with Crippen molar-refractivity contribution < 1.29 is 97.3 Å². The van der Waals surface area contributed by atoms with E-state index in [0.29, 0.717) is 196 Å². The maximum atomic E-state index is 12.5. The summed E-state index contributed by atoms with van der Waals surface area (Å²) in [6.45, 7) is 16.5. The Labute approximate surface area is 491 Å². The van der Waals surface area contributed by atoms with Crippen molar-refractivity contribution in [2.75, 3.05) is 178 Å². The molecular weight excluding hydrogens is 1120 g/mol. The smallest absolute Gasteiger partial charge is 0.303 e. The summed E-state index contributed by atoms with van der Waals surface area (Å²) in [5, 5.41) is 9.27. The van der Waals surface area contributed by atoms with Crippen LogP contribution in [-0.4, -0.2) is 220 Å². The van der Waals surface area contributed by atoms with E-state index in [2.05, 4.69) is 9.48 Å². The van der Waals surface area contributed by atoms with Crippen LogP contribution in [0, 0.1) is 0 Å². The number of carbonyl (C=O) groups is 1. The molecule has 2 unspecified atom stereocenters. The predicted molar refractivity (Wildman–Crippen MR) is 313 cm³/mol. The second-order valence-corrected chi connectivity index (χ2v) is 22.6. The average Bonchev–Trinajstić information content (AvgIpc) is 2.08. The van der Waals surface area contributed by atoms with Crippen LogP contribution < -0.4 is 4.90 Å². The fraction of sp³-hybridized carbons (Fsp3) is 0.627. The molecular formula is C59H91N2O20S2+. The average molecular weight is 1210 g/mol. The first-order chi connectivity index (χ1) is 40.0. The highest BCUT2D eigenvalue weighted by Crippen LogP contribution is 2.50. The molecule has 0 amide bonds. The Morgan fingerprint density at radius 3 is 1.39 bits per heavy atom. The van der Waals surface area contributed by atoms with E-state index in [-0.39, 0.29) is 16.2 Å². The Kier molecular flexibility index (Phi) is 33.8. The third-order valence-electron chi connectivity index (χ3n) is 13.9. The molecule has 83 heavy (non-hydrogen) atoms. The number of hydrogen-bond acceptors (Lipinski definition) is 18. The Hall–Kier alpha value is -4.32. The third kappa shape index (κ3) is 24.9. The van der Waals surface area contributed by atoms with Crippen LogP contribution >= 0.6 is 0 Å². The molecule has 0 spiro atoms. The number of allylic oxidation sites excluding steroid dienone is 8. The van der Waals surface area contributed by atoms with Crippen molar-refractivity contribution in [2.24, 2.45) is 0 Å². The summed E-state index contributed by atoms with van der Waals surface area (Å²) >= 11 is 0. The van der Waals surface area contributed by atoms with Crippen LogP contribution in [0.5, 0.6) is 0 Å². The van der Waals surface area contributed by atoms with E-state index in [1.54, 1.807) is 26.4 Å². The number of likely N-dealkylation sites (N-methyl/N-ethyl adjacent to an activating group) is 1. The number of aliphatic carboxylic acids is 1. The van der Waals surface area contributed by atoms with E-state index in [1.807, 2.05) is 63.3 Å². The van der Waals surface area contributed by atoms with Crippen molar-refractivity contribution in [1.29, 1.82) is 0 Å². The SMILES string of the molecule is CCN1/C(=C/C=C/C=C/C=C/C2=[N+](CCCCCC(=O)O)c3ccc(S(=O)(=O)O)cc3C2(C)CCOCCOCCOCCOCCOCCOC)C(C)(CCOCCOCCOCCOCCOCCOC)c2cc(S(=O)(=O)O)ccc21. The molecule has 0 saturated heterocycles. The summed E-state index contributed by atoms with van der Waals surface area (Å²) in [5.41, 5.74) is 3.34. The van der Waals surface area contributed by atoms with Gasteiger partial charge in [-0.05, 0) is 88.4 Å². The van der Waals surface area contributed by atoms with E-state index in [1.165, 1.54) is 24.3 Å². The number of hydrogen-bond donors (Lipinski definition) is 3. The first-order valence-corrected chi connectivity index (χ1v) is 31.3. The zero-order valence-electron chi connectivity index (χ0n) is 49.2. The summed E-state index contributed by atoms with van der Waals surface area (Å²) in [4.78, 5) is 13.0. The molecule has 2 aromatic carbocycles. The summed E-state index contributed by atoms with van der Waals surface area (Å²) in [6, 6.07) is 9.26. The van der Waals surface area contributed by atoms with Crippen LogP contribution in [0.15, 0.2) is 94.4 Å². The maximum absolute atomic E-state index is 12.5. The molecule has 0 bridgehead atoms. The molecule has 2 atom stereocenters. The lowest BCUT2D eigenvalue weighted by Crippen LogP contribution is -2.33. The molecule has 0 saturated carbocycles. The van der Waals surface area contributed by atoms with E-state index in [0.717, 1.165) is 28.3 Å². The van der Waals surface area contributed by atoms with Gasteiger partial charge in [-0.2, -0.15) is 21.4 Å². The van der Waals surface area contributed by atoms with Crippen LogP contribution in [0.3, 0.4) is 0 Å².